The fourth-order valence-electron chi connectivity index (χ4n) is 1.14. The van der Waals surface area contributed by atoms with Gasteiger partial charge in [-0.15, -0.1) is 10.2 Å². The van der Waals surface area contributed by atoms with Crippen LogP contribution in [0.5, 0.6) is 0 Å². The predicted octanol–water partition coefficient (Wildman–Crippen LogP) is 0.468. The Morgan fingerprint density at radius 3 is 3.00 bits per heavy atom. The molecule has 0 aliphatic rings. The smallest absolute Gasteiger partial charge is 0.234 e. The summed E-state index contributed by atoms with van der Waals surface area (Å²) in [6, 6.07) is 0. The highest BCUT2D eigenvalue weighted by molar-refractivity contribution is 7.16. The number of fused-ring (bicyclic) bond motifs is 1. The Morgan fingerprint density at radius 1 is 1.46 bits per heavy atom. The van der Waals surface area contributed by atoms with Gasteiger partial charge in [-0.2, -0.15) is 9.61 Å². The molecule has 0 fully saturated rings. The van der Waals surface area contributed by atoms with Crippen molar-refractivity contribution in [2.45, 2.75) is 19.9 Å². The molecule has 0 saturated carbocycles. The molecule has 0 spiro atoms. The van der Waals surface area contributed by atoms with Crippen LogP contribution in [-0.2, 0) is 13.0 Å². The van der Waals surface area contributed by atoms with E-state index >= 15 is 0 Å². The van der Waals surface area contributed by atoms with Gasteiger partial charge in [-0.05, 0) is 7.05 Å². The minimum atomic E-state index is 0.789. The standard InChI is InChI=1S/C7H11N5S/c1-3-5-9-10-7-12(5)11-6(13-7)4-8-2/h8H,3-4H2,1-2H3. The van der Waals surface area contributed by atoms with E-state index in [1.165, 1.54) is 0 Å². The molecule has 0 radical (unpaired) electrons. The fourth-order valence-corrected chi connectivity index (χ4v) is 2.00. The van der Waals surface area contributed by atoms with E-state index in [1.54, 1.807) is 11.3 Å². The second kappa shape index (κ2) is 3.39. The predicted molar refractivity (Wildman–Crippen MR) is 50.8 cm³/mol. The lowest BCUT2D eigenvalue weighted by Gasteiger charge is -1.90. The SMILES string of the molecule is CCc1nnc2sc(CNC)nn12. The van der Waals surface area contributed by atoms with Gasteiger partial charge in [0.15, 0.2) is 5.82 Å². The van der Waals surface area contributed by atoms with E-state index in [1.807, 2.05) is 18.5 Å². The minimum absolute atomic E-state index is 0.789. The highest BCUT2D eigenvalue weighted by atomic mass is 32.1. The first-order valence-corrected chi connectivity index (χ1v) is 5.01. The van der Waals surface area contributed by atoms with Crippen molar-refractivity contribution in [3.8, 4) is 0 Å². The first-order chi connectivity index (χ1) is 6.35. The molecular formula is C7H11N5S. The number of hydrogen-bond acceptors (Lipinski definition) is 5. The van der Waals surface area contributed by atoms with Crippen LogP contribution in [0, 0.1) is 0 Å². The van der Waals surface area contributed by atoms with Crippen LogP contribution < -0.4 is 5.32 Å². The maximum absolute atomic E-state index is 4.38. The van der Waals surface area contributed by atoms with E-state index in [0.29, 0.717) is 0 Å². The zero-order valence-electron chi connectivity index (χ0n) is 7.61. The van der Waals surface area contributed by atoms with Crippen LogP contribution in [0.15, 0.2) is 0 Å². The van der Waals surface area contributed by atoms with Gasteiger partial charge in [0.1, 0.15) is 5.01 Å². The van der Waals surface area contributed by atoms with Gasteiger partial charge in [-0.25, -0.2) is 0 Å². The van der Waals surface area contributed by atoms with Crippen LogP contribution in [0.2, 0.25) is 0 Å². The van der Waals surface area contributed by atoms with Crippen LogP contribution in [0.1, 0.15) is 17.8 Å². The van der Waals surface area contributed by atoms with E-state index < -0.39 is 0 Å². The highest BCUT2D eigenvalue weighted by Crippen LogP contribution is 2.13. The first-order valence-electron chi connectivity index (χ1n) is 4.19. The summed E-state index contributed by atoms with van der Waals surface area (Å²) in [7, 11) is 1.91. The lowest BCUT2D eigenvalue weighted by molar-refractivity contribution is 0.758. The molecule has 0 unspecified atom stereocenters. The number of aryl methyl sites for hydroxylation is 1. The highest BCUT2D eigenvalue weighted by Gasteiger charge is 2.08. The molecular weight excluding hydrogens is 186 g/mol. The topological polar surface area (TPSA) is 55.1 Å². The Hall–Kier alpha value is -1.01. The molecule has 6 heteroatoms. The third-order valence-electron chi connectivity index (χ3n) is 1.74. The maximum atomic E-state index is 4.38. The van der Waals surface area contributed by atoms with Crippen LogP contribution in [0.3, 0.4) is 0 Å². The van der Waals surface area contributed by atoms with Crippen molar-refractivity contribution in [1.82, 2.24) is 25.1 Å². The molecule has 2 heterocycles. The van der Waals surface area contributed by atoms with Crippen molar-refractivity contribution < 1.29 is 0 Å². The van der Waals surface area contributed by atoms with Crippen molar-refractivity contribution in [3.63, 3.8) is 0 Å². The number of rotatable bonds is 3. The molecule has 0 amide bonds. The van der Waals surface area contributed by atoms with E-state index in [2.05, 4.69) is 20.6 Å². The average Bonchev–Trinajstić information content (AvgIpc) is 2.63. The molecule has 0 aliphatic carbocycles. The Balaban J connectivity index is 2.44. The Kier molecular flexibility index (Phi) is 2.24. The second-order valence-corrected chi connectivity index (χ2v) is 3.73. The fraction of sp³-hybridized carbons (Fsp3) is 0.571. The minimum Gasteiger partial charge on any atom is -0.313 e. The van der Waals surface area contributed by atoms with Crippen molar-refractivity contribution in [2.75, 3.05) is 7.05 Å². The monoisotopic (exact) mass is 197 g/mol. The Bertz CT molecular complexity index is 404. The summed E-state index contributed by atoms with van der Waals surface area (Å²) in [4.78, 5) is 0.877. The van der Waals surface area contributed by atoms with E-state index in [9.17, 15) is 0 Å². The number of aromatic nitrogens is 4. The zero-order valence-corrected chi connectivity index (χ0v) is 8.43. The molecule has 0 aromatic carbocycles. The normalized spacial score (nSPS) is 11.2. The van der Waals surface area contributed by atoms with Gasteiger partial charge in [0.05, 0.1) is 0 Å². The van der Waals surface area contributed by atoms with Crippen LogP contribution >= 0.6 is 11.3 Å². The van der Waals surface area contributed by atoms with Gasteiger partial charge in [0, 0.05) is 13.0 Å². The van der Waals surface area contributed by atoms with Crippen molar-refractivity contribution in [3.05, 3.63) is 10.8 Å². The quantitative estimate of drug-likeness (QED) is 0.777. The molecule has 2 aromatic rings. The zero-order chi connectivity index (χ0) is 9.26. The molecule has 70 valence electrons. The third kappa shape index (κ3) is 1.42. The largest absolute Gasteiger partial charge is 0.313 e. The van der Waals surface area contributed by atoms with Gasteiger partial charge in [0.25, 0.3) is 0 Å². The first kappa shape index (κ1) is 8.58. The molecule has 1 N–H and O–H groups in total. The molecule has 0 aliphatic heterocycles. The van der Waals surface area contributed by atoms with E-state index in [4.69, 9.17) is 0 Å². The lowest BCUT2D eigenvalue weighted by Crippen LogP contribution is -2.05. The van der Waals surface area contributed by atoms with Gasteiger partial charge < -0.3 is 5.32 Å². The summed E-state index contributed by atoms with van der Waals surface area (Å²) in [5.74, 6) is 0.925. The van der Waals surface area contributed by atoms with E-state index in [-0.39, 0.29) is 0 Å². The summed E-state index contributed by atoms with van der Waals surface area (Å²) < 4.78 is 1.82. The van der Waals surface area contributed by atoms with E-state index in [0.717, 1.165) is 28.8 Å². The van der Waals surface area contributed by atoms with Crippen molar-refractivity contribution in [1.29, 1.82) is 0 Å². The lowest BCUT2D eigenvalue weighted by atomic mass is 10.5. The summed E-state index contributed by atoms with van der Waals surface area (Å²) in [5.41, 5.74) is 0. The van der Waals surface area contributed by atoms with Crippen molar-refractivity contribution >= 4 is 16.3 Å². The molecule has 0 atom stereocenters. The van der Waals surface area contributed by atoms with Crippen LogP contribution in [0.4, 0.5) is 0 Å². The summed E-state index contributed by atoms with van der Waals surface area (Å²) in [6.45, 7) is 2.84. The molecule has 0 saturated heterocycles. The molecule has 5 nitrogen and oxygen atoms in total. The third-order valence-corrected chi connectivity index (χ3v) is 2.64. The second-order valence-electron chi connectivity index (χ2n) is 2.69. The summed E-state index contributed by atoms with van der Waals surface area (Å²) in [5, 5.41) is 16.5. The number of nitrogens with one attached hydrogen (secondary N) is 1. The van der Waals surface area contributed by atoms with Gasteiger partial charge in [-0.3, -0.25) is 0 Å². The number of nitrogens with zero attached hydrogens (tertiary/aromatic N) is 4. The van der Waals surface area contributed by atoms with Crippen LogP contribution in [-0.4, -0.2) is 26.9 Å². The molecule has 2 aromatic heterocycles. The van der Waals surface area contributed by atoms with Gasteiger partial charge >= 0.3 is 0 Å². The van der Waals surface area contributed by atoms with Gasteiger partial charge in [-0.1, -0.05) is 18.3 Å². The average molecular weight is 197 g/mol. The number of hydrogen-bond donors (Lipinski definition) is 1. The summed E-state index contributed by atoms with van der Waals surface area (Å²) in [6.07, 6.45) is 0.865. The van der Waals surface area contributed by atoms with Gasteiger partial charge in [0.2, 0.25) is 4.96 Å². The molecule has 2 rings (SSSR count). The Morgan fingerprint density at radius 2 is 2.31 bits per heavy atom. The molecule has 0 bridgehead atoms. The maximum Gasteiger partial charge on any atom is 0.234 e. The van der Waals surface area contributed by atoms with Crippen molar-refractivity contribution in [2.24, 2.45) is 0 Å². The Labute approximate surface area is 79.8 Å². The molecule has 13 heavy (non-hydrogen) atoms. The van der Waals surface area contributed by atoms with Crippen LogP contribution in [0.25, 0.3) is 4.96 Å². The summed E-state index contributed by atoms with van der Waals surface area (Å²) >= 11 is 1.57.